The zero-order valence-electron chi connectivity index (χ0n) is 12.7. The summed E-state index contributed by atoms with van der Waals surface area (Å²) in [5.74, 6) is 2.45. The highest BCUT2D eigenvalue weighted by molar-refractivity contribution is 5.91. The maximum Gasteiger partial charge on any atom is 0.361 e. The highest BCUT2D eigenvalue weighted by Crippen LogP contribution is 2.44. The molecule has 2 bridgehead atoms. The van der Waals surface area contributed by atoms with E-state index in [0.717, 1.165) is 12.3 Å². The Balaban J connectivity index is 1.87. The Bertz CT molecular complexity index is 468. The van der Waals surface area contributed by atoms with Crippen LogP contribution < -0.4 is 5.43 Å². The van der Waals surface area contributed by atoms with Gasteiger partial charge in [0.1, 0.15) is 0 Å². The van der Waals surface area contributed by atoms with Crippen LogP contribution in [0.4, 0.5) is 4.79 Å². The van der Waals surface area contributed by atoms with Crippen LogP contribution in [0.3, 0.4) is 0 Å². The molecule has 0 saturated heterocycles. The van der Waals surface area contributed by atoms with Crippen LogP contribution in [-0.4, -0.2) is 34.0 Å². The van der Waals surface area contributed by atoms with Gasteiger partial charge < -0.3 is 0 Å². The molecule has 20 heavy (non-hydrogen) atoms. The molecule has 5 nitrogen and oxygen atoms in total. The van der Waals surface area contributed by atoms with Gasteiger partial charge in [-0.2, -0.15) is 10.5 Å². The molecule has 0 aromatic carbocycles. The average molecular weight is 275 g/mol. The predicted molar refractivity (Wildman–Crippen MR) is 77.8 cm³/mol. The van der Waals surface area contributed by atoms with E-state index < -0.39 is 0 Å². The molecule has 0 N–H and O–H groups in total. The van der Waals surface area contributed by atoms with Crippen LogP contribution in [0.15, 0.2) is 17.3 Å². The van der Waals surface area contributed by atoms with Crippen molar-refractivity contribution in [3.05, 3.63) is 12.2 Å². The van der Waals surface area contributed by atoms with Crippen molar-refractivity contribution < 1.29 is 4.79 Å². The molecule has 1 saturated carbocycles. The average Bonchev–Trinajstić information content (AvgIpc) is 3.00. The Morgan fingerprint density at radius 1 is 1.10 bits per heavy atom. The van der Waals surface area contributed by atoms with Crippen LogP contribution in [0, 0.1) is 17.8 Å². The third-order valence-corrected chi connectivity index (χ3v) is 4.40. The van der Waals surface area contributed by atoms with Crippen LogP contribution in [0.5, 0.6) is 0 Å². The molecule has 3 aliphatic rings. The van der Waals surface area contributed by atoms with Crippen molar-refractivity contribution in [1.82, 2.24) is 15.4 Å². The Hall–Kier alpha value is -1.52. The SMILES string of the molecule is CC(C)N1[N]C(C2CC3C=CC2C3)=NN(C(C)C)C1=O. The number of hydrazone groups is 1. The van der Waals surface area contributed by atoms with Gasteiger partial charge in [0, 0.05) is 5.92 Å². The molecule has 0 aromatic heterocycles. The number of carbonyl (C=O) groups excluding carboxylic acids is 1. The topological polar surface area (TPSA) is 50.0 Å². The number of rotatable bonds is 3. The maximum absolute atomic E-state index is 12.4. The van der Waals surface area contributed by atoms with Crippen molar-refractivity contribution in [3.63, 3.8) is 0 Å². The summed E-state index contributed by atoms with van der Waals surface area (Å²) in [6, 6.07) is 0.00390. The number of hydrogen-bond donors (Lipinski definition) is 0. The Morgan fingerprint density at radius 2 is 1.80 bits per heavy atom. The van der Waals surface area contributed by atoms with E-state index in [1.165, 1.54) is 6.42 Å². The molecule has 1 heterocycles. The molecule has 1 radical (unpaired) electrons. The van der Waals surface area contributed by atoms with Crippen LogP contribution in [0.2, 0.25) is 0 Å². The molecule has 2 amide bonds. The second kappa shape index (κ2) is 4.79. The maximum atomic E-state index is 12.4. The van der Waals surface area contributed by atoms with E-state index in [-0.39, 0.29) is 18.1 Å². The fraction of sp³-hybridized carbons (Fsp3) is 0.733. The molecule has 3 atom stereocenters. The third kappa shape index (κ3) is 2.09. The Kier molecular flexibility index (Phi) is 3.22. The zero-order valence-corrected chi connectivity index (χ0v) is 12.7. The summed E-state index contributed by atoms with van der Waals surface area (Å²) >= 11 is 0. The summed E-state index contributed by atoms with van der Waals surface area (Å²) in [5, 5.41) is 7.72. The second-order valence-corrected chi connectivity index (χ2v) is 6.60. The molecule has 1 fully saturated rings. The number of allylic oxidation sites excluding steroid dienone is 2. The minimum absolute atomic E-state index is 0.0587. The van der Waals surface area contributed by atoms with Crippen molar-refractivity contribution in [2.75, 3.05) is 0 Å². The number of amidine groups is 1. The molecule has 3 rings (SSSR count). The first-order valence-electron chi connectivity index (χ1n) is 7.58. The molecule has 109 valence electrons. The van der Waals surface area contributed by atoms with Gasteiger partial charge in [0.15, 0.2) is 5.84 Å². The van der Waals surface area contributed by atoms with Gasteiger partial charge in [0.25, 0.3) is 0 Å². The fourth-order valence-electron chi connectivity index (χ4n) is 3.33. The molecule has 5 heteroatoms. The Labute approximate surface area is 120 Å². The van der Waals surface area contributed by atoms with Crippen molar-refractivity contribution in [2.45, 2.75) is 52.6 Å². The third-order valence-electron chi connectivity index (χ3n) is 4.40. The van der Waals surface area contributed by atoms with Gasteiger partial charge in [-0.1, -0.05) is 12.2 Å². The first-order chi connectivity index (χ1) is 9.47. The van der Waals surface area contributed by atoms with Gasteiger partial charge in [-0.25, -0.2) is 14.8 Å². The van der Waals surface area contributed by atoms with Gasteiger partial charge in [-0.3, -0.25) is 0 Å². The second-order valence-electron chi connectivity index (χ2n) is 6.60. The van der Waals surface area contributed by atoms with Gasteiger partial charge in [-0.15, -0.1) is 0 Å². The minimum Gasteiger partial charge on any atom is -0.244 e. The molecule has 1 aliphatic heterocycles. The van der Waals surface area contributed by atoms with E-state index in [9.17, 15) is 4.79 Å². The molecular weight excluding hydrogens is 252 g/mol. The van der Waals surface area contributed by atoms with E-state index in [1.807, 2.05) is 27.7 Å². The standard InChI is InChI=1S/C15H23N4O/c1-9(2)18-15(20)19(10(3)4)17-14(16-18)13-8-11-5-6-12(13)7-11/h5-6,9-13H,7-8H2,1-4H3. The molecule has 0 spiro atoms. The van der Waals surface area contributed by atoms with E-state index in [0.29, 0.717) is 17.8 Å². The number of urea groups is 1. The van der Waals surface area contributed by atoms with Gasteiger partial charge in [-0.05, 0) is 52.4 Å². The van der Waals surface area contributed by atoms with E-state index >= 15 is 0 Å². The summed E-state index contributed by atoms with van der Waals surface area (Å²) in [6.07, 6.45) is 6.95. The number of amides is 2. The summed E-state index contributed by atoms with van der Waals surface area (Å²) in [7, 11) is 0. The summed E-state index contributed by atoms with van der Waals surface area (Å²) in [5.41, 5.74) is 4.55. The van der Waals surface area contributed by atoms with Crippen molar-refractivity contribution in [2.24, 2.45) is 22.9 Å². The van der Waals surface area contributed by atoms with Gasteiger partial charge in [0.05, 0.1) is 12.1 Å². The Morgan fingerprint density at radius 3 is 2.30 bits per heavy atom. The number of hydrogen-bond acceptors (Lipinski definition) is 2. The summed E-state index contributed by atoms with van der Waals surface area (Å²) in [6.45, 7) is 7.96. The zero-order chi connectivity index (χ0) is 14.4. The smallest absolute Gasteiger partial charge is 0.244 e. The van der Waals surface area contributed by atoms with Crippen LogP contribution in [0.1, 0.15) is 40.5 Å². The lowest BCUT2D eigenvalue weighted by molar-refractivity contribution is 0.1000. The first-order valence-corrected chi connectivity index (χ1v) is 7.58. The lowest BCUT2D eigenvalue weighted by Crippen LogP contribution is -2.57. The monoisotopic (exact) mass is 275 g/mol. The van der Waals surface area contributed by atoms with Crippen molar-refractivity contribution in [1.29, 1.82) is 0 Å². The number of carbonyl (C=O) groups is 1. The number of nitrogens with zero attached hydrogens (tertiary/aromatic N) is 4. The first kappa shape index (κ1) is 13.5. The van der Waals surface area contributed by atoms with Crippen molar-refractivity contribution in [3.8, 4) is 0 Å². The quantitative estimate of drug-likeness (QED) is 0.730. The van der Waals surface area contributed by atoms with Crippen molar-refractivity contribution >= 4 is 11.9 Å². The van der Waals surface area contributed by atoms with Gasteiger partial charge >= 0.3 is 6.03 Å². The normalized spacial score (nSPS) is 32.4. The fourth-order valence-corrected chi connectivity index (χ4v) is 3.33. The highest BCUT2D eigenvalue weighted by atomic mass is 16.2. The summed E-state index contributed by atoms with van der Waals surface area (Å²) < 4.78 is 0. The molecular formula is C15H23N4O. The van der Waals surface area contributed by atoms with Crippen LogP contribution in [-0.2, 0) is 0 Å². The molecule has 3 unspecified atom stereocenters. The lowest BCUT2D eigenvalue weighted by Gasteiger charge is -2.37. The van der Waals surface area contributed by atoms with E-state index in [2.05, 4.69) is 22.7 Å². The van der Waals surface area contributed by atoms with Crippen LogP contribution in [0.25, 0.3) is 0 Å². The predicted octanol–water partition coefficient (Wildman–Crippen LogP) is 2.59. The lowest BCUT2D eigenvalue weighted by atomic mass is 9.92. The van der Waals surface area contributed by atoms with E-state index in [4.69, 9.17) is 0 Å². The largest absolute Gasteiger partial charge is 0.361 e. The molecule has 2 aliphatic carbocycles. The minimum atomic E-state index is -0.113. The molecule has 0 aromatic rings. The highest BCUT2D eigenvalue weighted by Gasteiger charge is 2.43. The number of fused-ring (bicyclic) bond motifs is 2. The van der Waals surface area contributed by atoms with Crippen LogP contribution >= 0.6 is 0 Å². The van der Waals surface area contributed by atoms with E-state index in [1.54, 1.807) is 10.0 Å². The summed E-state index contributed by atoms with van der Waals surface area (Å²) in [4.78, 5) is 12.4. The van der Waals surface area contributed by atoms with Gasteiger partial charge in [0.2, 0.25) is 0 Å².